The number of aryl methyl sites for hydroxylation is 1. The minimum Gasteiger partial charge on any atom is -0.396 e. The second-order valence-corrected chi connectivity index (χ2v) is 4.22. The maximum absolute atomic E-state index is 13.7. The summed E-state index contributed by atoms with van der Waals surface area (Å²) in [4.78, 5) is 11.9. The van der Waals surface area contributed by atoms with Gasteiger partial charge in [-0.2, -0.15) is 0 Å². The third kappa shape index (κ3) is 2.30. The van der Waals surface area contributed by atoms with Crippen molar-refractivity contribution in [1.82, 2.24) is 9.13 Å². The Morgan fingerprint density at radius 2 is 2.00 bits per heavy atom. The predicted molar refractivity (Wildman–Crippen MR) is 68.9 cm³/mol. The van der Waals surface area contributed by atoms with Crippen LogP contribution in [0, 0.1) is 5.82 Å². The molecule has 0 radical (unpaired) electrons. The van der Waals surface area contributed by atoms with E-state index < -0.39 is 5.82 Å². The second-order valence-electron chi connectivity index (χ2n) is 4.22. The van der Waals surface area contributed by atoms with Crippen LogP contribution in [0.25, 0.3) is 0 Å². The molecule has 5 heteroatoms. The molecule has 96 valence electrons. The summed E-state index contributed by atoms with van der Waals surface area (Å²) in [5, 5.41) is 0. The number of hydrogen-bond donors (Lipinski definition) is 1. The molecule has 0 aliphatic carbocycles. The van der Waals surface area contributed by atoms with Crippen LogP contribution in [0.15, 0.2) is 35.4 Å². The first-order valence-corrected chi connectivity index (χ1v) is 5.92. The largest absolute Gasteiger partial charge is 0.396 e. The summed E-state index contributed by atoms with van der Waals surface area (Å²) >= 11 is 0. The highest BCUT2D eigenvalue weighted by Gasteiger charge is 2.08. The smallest absolute Gasteiger partial charge is 0.328 e. The monoisotopic (exact) mass is 249 g/mol. The summed E-state index contributed by atoms with van der Waals surface area (Å²) in [7, 11) is 0. The number of hydrogen-bond acceptors (Lipinski definition) is 2. The third-order valence-corrected chi connectivity index (χ3v) is 2.83. The lowest BCUT2D eigenvalue weighted by Gasteiger charge is -2.05. The Kier molecular flexibility index (Phi) is 3.50. The highest BCUT2D eigenvalue weighted by atomic mass is 19.1. The molecule has 0 aliphatic rings. The quantitative estimate of drug-likeness (QED) is 0.840. The zero-order chi connectivity index (χ0) is 13.1. The Bertz CT molecular complexity index is 601. The van der Waals surface area contributed by atoms with Crippen LogP contribution >= 0.6 is 0 Å². The fourth-order valence-electron chi connectivity index (χ4n) is 1.89. The molecule has 0 saturated carbocycles. The number of rotatable bonds is 4. The molecule has 1 aromatic carbocycles. The van der Waals surface area contributed by atoms with Crippen molar-refractivity contribution < 1.29 is 4.39 Å². The number of aromatic nitrogens is 2. The molecule has 0 bridgehead atoms. The number of nitrogens with two attached hydrogens (primary N) is 1. The molecule has 0 amide bonds. The van der Waals surface area contributed by atoms with Gasteiger partial charge in [-0.3, -0.25) is 9.13 Å². The van der Waals surface area contributed by atoms with Gasteiger partial charge in [0, 0.05) is 24.5 Å². The molecule has 0 saturated heterocycles. The van der Waals surface area contributed by atoms with Crippen molar-refractivity contribution in [3.8, 4) is 0 Å². The van der Waals surface area contributed by atoms with Crippen LogP contribution in [0.1, 0.15) is 18.9 Å². The van der Waals surface area contributed by atoms with E-state index in [1.807, 2.05) is 6.92 Å². The third-order valence-electron chi connectivity index (χ3n) is 2.83. The summed E-state index contributed by atoms with van der Waals surface area (Å²) in [6.45, 7) is 2.87. The molecule has 2 aromatic rings. The fourth-order valence-corrected chi connectivity index (χ4v) is 1.89. The first-order valence-electron chi connectivity index (χ1n) is 5.92. The van der Waals surface area contributed by atoms with E-state index >= 15 is 0 Å². The predicted octanol–water partition coefficient (Wildman–Crippen LogP) is 1.83. The Hall–Kier alpha value is -2.04. The van der Waals surface area contributed by atoms with E-state index in [2.05, 4.69) is 0 Å². The van der Waals surface area contributed by atoms with E-state index in [1.54, 1.807) is 29.1 Å². The van der Waals surface area contributed by atoms with Crippen molar-refractivity contribution in [2.45, 2.75) is 26.4 Å². The van der Waals surface area contributed by atoms with E-state index in [0.717, 1.165) is 6.42 Å². The minimum absolute atomic E-state index is 0.105. The van der Waals surface area contributed by atoms with Gasteiger partial charge >= 0.3 is 5.69 Å². The van der Waals surface area contributed by atoms with Crippen molar-refractivity contribution in [1.29, 1.82) is 0 Å². The van der Waals surface area contributed by atoms with Crippen LogP contribution in [0.2, 0.25) is 0 Å². The van der Waals surface area contributed by atoms with Gasteiger partial charge in [-0.1, -0.05) is 19.1 Å². The number of nitrogens with zero attached hydrogens (tertiary/aromatic N) is 2. The first-order chi connectivity index (χ1) is 8.63. The normalized spacial score (nSPS) is 10.8. The lowest BCUT2D eigenvalue weighted by molar-refractivity contribution is 0.588. The summed E-state index contributed by atoms with van der Waals surface area (Å²) in [5.74, 6) is -0.451. The molecule has 4 nitrogen and oxygen atoms in total. The number of imidazole rings is 1. The van der Waals surface area contributed by atoms with Gasteiger partial charge in [0.05, 0.1) is 12.2 Å². The van der Waals surface area contributed by atoms with Gasteiger partial charge < -0.3 is 5.73 Å². The fraction of sp³-hybridized carbons (Fsp3) is 0.308. The lowest BCUT2D eigenvalue weighted by Crippen LogP contribution is -2.24. The van der Waals surface area contributed by atoms with Crippen LogP contribution in [-0.2, 0) is 13.1 Å². The number of benzene rings is 1. The van der Waals surface area contributed by atoms with Crippen molar-refractivity contribution in [2.24, 2.45) is 0 Å². The average Bonchev–Trinajstić information content (AvgIpc) is 2.68. The number of anilines is 1. The summed E-state index contributed by atoms with van der Waals surface area (Å²) < 4.78 is 16.8. The van der Waals surface area contributed by atoms with Gasteiger partial charge in [0.1, 0.15) is 0 Å². The molecule has 2 N–H and O–H groups in total. The Morgan fingerprint density at radius 1 is 1.28 bits per heavy atom. The van der Waals surface area contributed by atoms with Gasteiger partial charge in [-0.15, -0.1) is 0 Å². The van der Waals surface area contributed by atoms with Crippen LogP contribution in [0.3, 0.4) is 0 Å². The molecule has 0 spiro atoms. The minimum atomic E-state index is -0.451. The lowest BCUT2D eigenvalue weighted by atomic mass is 10.2. The topological polar surface area (TPSA) is 52.9 Å². The van der Waals surface area contributed by atoms with Crippen LogP contribution in [0.5, 0.6) is 0 Å². The zero-order valence-electron chi connectivity index (χ0n) is 10.3. The van der Waals surface area contributed by atoms with E-state index in [0.29, 0.717) is 12.1 Å². The summed E-state index contributed by atoms with van der Waals surface area (Å²) in [6.07, 6.45) is 4.27. The Balaban J connectivity index is 2.29. The molecule has 0 fully saturated rings. The molecular weight excluding hydrogens is 233 g/mol. The van der Waals surface area contributed by atoms with Crippen molar-refractivity contribution >= 4 is 5.69 Å². The zero-order valence-corrected chi connectivity index (χ0v) is 10.3. The van der Waals surface area contributed by atoms with Gasteiger partial charge in [0.25, 0.3) is 0 Å². The molecular formula is C13H16FN3O. The molecule has 0 unspecified atom stereocenters. The van der Waals surface area contributed by atoms with E-state index in [9.17, 15) is 9.18 Å². The molecule has 1 heterocycles. The maximum atomic E-state index is 13.7. The van der Waals surface area contributed by atoms with Crippen molar-refractivity contribution in [2.75, 3.05) is 5.73 Å². The van der Waals surface area contributed by atoms with Crippen molar-refractivity contribution in [3.05, 3.63) is 52.5 Å². The van der Waals surface area contributed by atoms with Gasteiger partial charge in [-0.05, 0) is 12.5 Å². The van der Waals surface area contributed by atoms with Crippen LogP contribution in [-0.4, -0.2) is 9.13 Å². The van der Waals surface area contributed by atoms with E-state index in [4.69, 9.17) is 5.73 Å². The molecule has 18 heavy (non-hydrogen) atoms. The van der Waals surface area contributed by atoms with Crippen LogP contribution in [0.4, 0.5) is 10.1 Å². The number of nitrogen functional groups attached to an aromatic ring is 1. The summed E-state index contributed by atoms with van der Waals surface area (Å²) in [5.41, 5.74) is 5.90. The average molecular weight is 249 g/mol. The van der Waals surface area contributed by atoms with Gasteiger partial charge in [0.15, 0.2) is 5.82 Å². The van der Waals surface area contributed by atoms with Crippen molar-refractivity contribution in [3.63, 3.8) is 0 Å². The highest BCUT2D eigenvalue weighted by Crippen LogP contribution is 2.15. The molecule has 1 aromatic heterocycles. The van der Waals surface area contributed by atoms with Crippen LogP contribution < -0.4 is 11.4 Å². The van der Waals surface area contributed by atoms with Gasteiger partial charge in [-0.25, -0.2) is 9.18 Å². The Morgan fingerprint density at radius 3 is 2.72 bits per heavy atom. The second kappa shape index (κ2) is 5.08. The molecule has 0 atom stereocenters. The Labute approximate surface area is 104 Å². The highest BCUT2D eigenvalue weighted by molar-refractivity contribution is 5.42. The number of halogens is 1. The van der Waals surface area contributed by atoms with Gasteiger partial charge in [0.2, 0.25) is 0 Å². The standard InChI is InChI=1S/C13H16FN3O/c1-2-6-16-7-8-17(13(16)18)9-10-4-3-5-11(15)12(10)14/h3-5,7-8H,2,6,9,15H2,1H3. The van der Waals surface area contributed by atoms with E-state index in [1.165, 1.54) is 10.6 Å². The SMILES string of the molecule is CCCn1ccn(Cc2cccc(N)c2F)c1=O. The first kappa shape index (κ1) is 12.4. The molecule has 0 aliphatic heterocycles. The van der Waals surface area contributed by atoms with E-state index in [-0.39, 0.29) is 17.9 Å². The maximum Gasteiger partial charge on any atom is 0.328 e. The summed E-state index contributed by atoms with van der Waals surface area (Å²) in [6, 6.07) is 4.82. The molecule has 2 rings (SSSR count).